The Morgan fingerprint density at radius 3 is 1.36 bits per heavy atom. The minimum atomic E-state index is 0. The van der Waals surface area contributed by atoms with Crippen molar-refractivity contribution in [2.45, 2.75) is 41.5 Å². The molecule has 0 bridgehead atoms. The molecule has 0 rings (SSSR count). The van der Waals surface area contributed by atoms with Gasteiger partial charge in [-0.3, -0.25) is 0 Å². The van der Waals surface area contributed by atoms with Crippen molar-refractivity contribution in [3.05, 3.63) is 5.92 Å². The van der Waals surface area contributed by atoms with Gasteiger partial charge in [-0.15, -0.1) is 0 Å². The first-order valence-electron chi connectivity index (χ1n) is 3.69. The molecule has 11 heavy (non-hydrogen) atoms. The van der Waals surface area contributed by atoms with Crippen molar-refractivity contribution >= 4 is 23.1 Å². The number of rotatable bonds is 1. The van der Waals surface area contributed by atoms with Crippen LogP contribution in [0.15, 0.2) is 0 Å². The molecule has 0 saturated heterocycles. The molecule has 0 spiro atoms. The Labute approximate surface area is 98.4 Å². The van der Waals surface area contributed by atoms with Gasteiger partial charge in [-0.2, -0.15) is 18.3 Å². The van der Waals surface area contributed by atoms with Crippen molar-refractivity contribution in [1.82, 2.24) is 0 Å². The van der Waals surface area contributed by atoms with Crippen molar-refractivity contribution in [3.8, 4) is 0 Å². The van der Waals surface area contributed by atoms with E-state index in [9.17, 15) is 0 Å². The SMILES string of the molecule is C[C-](C(C)C)C(C)(C)C.[Br-].[Mg+2]. The number of hydrogen-bond donors (Lipinski definition) is 0. The molecule has 0 nitrogen and oxygen atoms in total. The van der Waals surface area contributed by atoms with Gasteiger partial charge < -0.3 is 22.9 Å². The topological polar surface area (TPSA) is 0 Å². The molecule has 0 unspecified atom stereocenters. The smallest absolute Gasteiger partial charge is 1.00 e. The van der Waals surface area contributed by atoms with E-state index in [1.165, 1.54) is 0 Å². The predicted molar refractivity (Wildman–Crippen MR) is 49.0 cm³/mol. The van der Waals surface area contributed by atoms with E-state index in [4.69, 9.17) is 0 Å². The number of hydrogen-bond acceptors (Lipinski definition) is 0. The zero-order valence-electron chi connectivity index (χ0n) is 8.66. The fourth-order valence-electron chi connectivity index (χ4n) is 0.866. The number of halogens is 1. The first kappa shape index (κ1) is 18.1. The molecule has 2 heteroatoms. The zero-order chi connectivity index (χ0) is 7.65. The fourth-order valence-corrected chi connectivity index (χ4v) is 0.866. The summed E-state index contributed by atoms with van der Waals surface area (Å²) in [4.78, 5) is 0. The molecule has 64 valence electrons. The summed E-state index contributed by atoms with van der Waals surface area (Å²) < 4.78 is 0. The van der Waals surface area contributed by atoms with Crippen LogP contribution in [0.3, 0.4) is 0 Å². The van der Waals surface area contributed by atoms with Crippen LogP contribution in [0.5, 0.6) is 0 Å². The Balaban J connectivity index is -0.000000320. The Bertz CT molecular complexity index is 84.1. The zero-order valence-corrected chi connectivity index (χ0v) is 11.7. The molecular weight excluding hydrogens is 212 g/mol. The molecule has 0 aromatic rings. The standard InChI is InChI=1S/C9H19.BrH.Mg/c1-7(2)8(3)9(4,5)6;;/h7H,1-6H3;1H;/q-1;;+2/p-1. The van der Waals surface area contributed by atoms with Crippen LogP contribution in [0.2, 0.25) is 0 Å². The molecule has 0 aromatic heterocycles. The van der Waals surface area contributed by atoms with Gasteiger partial charge in [0.05, 0.1) is 0 Å². The second-order valence-corrected chi connectivity index (χ2v) is 4.09. The predicted octanol–water partition coefficient (Wildman–Crippen LogP) is -0.0939. The van der Waals surface area contributed by atoms with Gasteiger partial charge in [-0.25, -0.2) is 0 Å². The van der Waals surface area contributed by atoms with E-state index in [-0.39, 0.29) is 40.0 Å². The van der Waals surface area contributed by atoms with Gasteiger partial charge in [0.1, 0.15) is 0 Å². The monoisotopic (exact) mass is 230 g/mol. The minimum absolute atomic E-state index is 0. The van der Waals surface area contributed by atoms with Crippen molar-refractivity contribution < 1.29 is 17.0 Å². The molecular formula is C9H19BrMg. The van der Waals surface area contributed by atoms with E-state index in [1.54, 1.807) is 5.92 Å². The first-order chi connectivity index (χ1) is 3.85. The van der Waals surface area contributed by atoms with Crippen LogP contribution >= 0.6 is 0 Å². The maximum Gasteiger partial charge on any atom is 2.00 e. The summed E-state index contributed by atoms with van der Waals surface area (Å²) in [7, 11) is 0. The van der Waals surface area contributed by atoms with Crippen LogP contribution < -0.4 is 17.0 Å². The second kappa shape index (κ2) is 6.73. The van der Waals surface area contributed by atoms with E-state index < -0.39 is 0 Å². The van der Waals surface area contributed by atoms with Crippen LogP contribution in [-0.2, 0) is 0 Å². The molecule has 0 aliphatic rings. The average molecular weight is 231 g/mol. The quantitative estimate of drug-likeness (QED) is 0.437. The summed E-state index contributed by atoms with van der Waals surface area (Å²) in [5.41, 5.74) is 0.397. The maximum atomic E-state index is 2.27. The summed E-state index contributed by atoms with van der Waals surface area (Å²) in [5, 5.41) is 0. The van der Waals surface area contributed by atoms with Gasteiger partial charge in [0, 0.05) is 0 Å². The summed E-state index contributed by atoms with van der Waals surface area (Å²) in [6, 6.07) is 0. The maximum absolute atomic E-state index is 2.27. The normalized spacial score (nSPS) is 10.9. The Morgan fingerprint density at radius 1 is 1.09 bits per heavy atom. The van der Waals surface area contributed by atoms with Crippen LogP contribution in [0.25, 0.3) is 0 Å². The van der Waals surface area contributed by atoms with Gasteiger partial charge >= 0.3 is 23.1 Å². The molecule has 0 fully saturated rings. The van der Waals surface area contributed by atoms with Crippen molar-refractivity contribution in [2.75, 3.05) is 0 Å². The molecule has 0 amide bonds. The summed E-state index contributed by atoms with van der Waals surface area (Å²) in [6.07, 6.45) is 0. The molecule has 0 aliphatic heterocycles. The van der Waals surface area contributed by atoms with Crippen molar-refractivity contribution in [3.63, 3.8) is 0 Å². The van der Waals surface area contributed by atoms with Crippen molar-refractivity contribution in [1.29, 1.82) is 0 Å². The van der Waals surface area contributed by atoms with E-state index in [2.05, 4.69) is 41.5 Å². The van der Waals surface area contributed by atoms with E-state index in [0.29, 0.717) is 5.41 Å². The van der Waals surface area contributed by atoms with Gasteiger partial charge in [0.25, 0.3) is 0 Å². The minimum Gasteiger partial charge on any atom is -1.00 e. The van der Waals surface area contributed by atoms with Crippen LogP contribution in [0, 0.1) is 17.3 Å². The van der Waals surface area contributed by atoms with E-state index in [1.807, 2.05) is 0 Å². The average Bonchev–Trinajstić information content (AvgIpc) is 1.62. The third kappa shape index (κ3) is 7.60. The van der Waals surface area contributed by atoms with Crippen LogP contribution in [-0.4, -0.2) is 23.1 Å². The largest absolute Gasteiger partial charge is 2.00 e. The molecule has 0 saturated carbocycles. The molecule has 0 atom stereocenters. The van der Waals surface area contributed by atoms with Crippen molar-refractivity contribution in [2.24, 2.45) is 11.3 Å². The molecule has 0 N–H and O–H groups in total. The Kier molecular flexibility index (Phi) is 11.1. The summed E-state index contributed by atoms with van der Waals surface area (Å²) in [5.74, 6) is 2.31. The fraction of sp³-hybridized carbons (Fsp3) is 0.889. The van der Waals surface area contributed by atoms with E-state index >= 15 is 0 Å². The first-order valence-corrected chi connectivity index (χ1v) is 3.69. The second-order valence-electron chi connectivity index (χ2n) is 4.09. The Hall–Kier alpha value is 1.25. The van der Waals surface area contributed by atoms with Gasteiger partial charge in [-0.1, -0.05) is 34.6 Å². The summed E-state index contributed by atoms with van der Waals surface area (Å²) >= 11 is 0. The third-order valence-corrected chi connectivity index (χ3v) is 2.05. The molecule has 0 aliphatic carbocycles. The Morgan fingerprint density at radius 2 is 1.36 bits per heavy atom. The van der Waals surface area contributed by atoms with Crippen LogP contribution in [0.1, 0.15) is 41.5 Å². The van der Waals surface area contributed by atoms with Gasteiger partial charge in [0.15, 0.2) is 0 Å². The molecule has 0 aromatic carbocycles. The summed E-state index contributed by atoms with van der Waals surface area (Å²) in [6.45, 7) is 13.5. The molecule has 0 radical (unpaired) electrons. The van der Waals surface area contributed by atoms with Gasteiger partial charge in [0.2, 0.25) is 0 Å². The molecule has 0 heterocycles. The van der Waals surface area contributed by atoms with Gasteiger partial charge in [-0.05, 0) is 0 Å². The van der Waals surface area contributed by atoms with Crippen LogP contribution in [0.4, 0.5) is 0 Å². The van der Waals surface area contributed by atoms with E-state index in [0.717, 1.165) is 5.92 Å². The third-order valence-electron chi connectivity index (χ3n) is 2.05.